The van der Waals surface area contributed by atoms with Crippen molar-refractivity contribution in [3.05, 3.63) is 0 Å². The second-order valence-electron chi connectivity index (χ2n) is 6.97. The number of amides is 1. The van der Waals surface area contributed by atoms with Gasteiger partial charge >= 0.3 is 0 Å². The highest BCUT2D eigenvalue weighted by molar-refractivity contribution is 7.89. The Balaban J connectivity index is 1.55. The van der Waals surface area contributed by atoms with E-state index < -0.39 is 10.0 Å². The zero-order valence-electron chi connectivity index (χ0n) is 14.2. The minimum atomic E-state index is -3.26. The Morgan fingerprint density at radius 3 is 2.33 bits per heavy atom. The van der Waals surface area contributed by atoms with Gasteiger partial charge in [0.05, 0.1) is 19.0 Å². The number of piperidine rings is 1. The summed E-state index contributed by atoms with van der Waals surface area (Å²) >= 11 is 0. The Kier molecular flexibility index (Phi) is 6.12. The van der Waals surface area contributed by atoms with Crippen LogP contribution in [-0.4, -0.2) is 81.9 Å². The van der Waals surface area contributed by atoms with Gasteiger partial charge in [-0.2, -0.15) is 4.31 Å². The quantitative estimate of drug-likeness (QED) is 0.721. The summed E-state index contributed by atoms with van der Waals surface area (Å²) in [6.45, 7) is 4.46. The van der Waals surface area contributed by atoms with Crippen LogP contribution in [0.4, 0.5) is 0 Å². The molecule has 0 saturated carbocycles. The van der Waals surface area contributed by atoms with Crippen LogP contribution < -0.4 is 0 Å². The van der Waals surface area contributed by atoms with Crippen molar-refractivity contribution in [1.29, 1.82) is 0 Å². The normalized spacial score (nSPS) is 28.0. The number of nitrogens with zero attached hydrogens (tertiary/aromatic N) is 2. The van der Waals surface area contributed by atoms with Crippen molar-refractivity contribution in [2.24, 2.45) is 11.8 Å². The number of hydrogen-bond acceptors (Lipinski definition) is 5. The third-order valence-electron chi connectivity index (χ3n) is 5.21. The van der Waals surface area contributed by atoms with Crippen LogP contribution in [-0.2, 0) is 24.3 Å². The second kappa shape index (κ2) is 8.12. The smallest absolute Gasteiger partial charge is 0.225 e. The molecule has 8 heteroatoms. The van der Waals surface area contributed by atoms with Crippen molar-refractivity contribution in [2.75, 3.05) is 58.4 Å². The van der Waals surface area contributed by atoms with Crippen molar-refractivity contribution < 1.29 is 22.7 Å². The molecule has 138 valence electrons. The third kappa shape index (κ3) is 4.47. The molecule has 0 radical (unpaired) electrons. The average molecular weight is 360 g/mol. The number of sulfonamides is 1. The minimum absolute atomic E-state index is 0.0374. The van der Waals surface area contributed by atoms with Crippen LogP contribution in [0.25, 0.3) is 0 Å². The summed E-state index contributed by atoms with van der Waals surface area (Å²) in [7, 11) is -3.26. The van der Waals surface area contributed by atoms with E-state index in [0.29, 0.717) is 46.1 Å². The first-order chi connectivity index (χ1) is 11.6. The van der Waals surface area contributed by atoms with Crippen molar-refractivity contribution in [1.82, 2.24) is 9.21 Å². The van der Waals surface area contributed by atoms with Crippen LogP contribution in [0.5, 0.6) is 0 Å². The second-order valence-corrected chi connectivity index (χ2v) is 8.98. The zero-order chi connectivity index (χ0) is 17.0. The molecule has 3 aliphatic rings. The molecule has 7 nitrogen and oxygen atoms in total. The molecule has 0 aliphatic carbocycles. The summed E-state index contributed by atoms with van der Waals surface area (Å²) in [5.41, 5.74) is 0. The molecular formula is C16H28N2O5S. The monoisotopic (exact) mass is 360 g/mol. The summed E-state index contributed by atoms with van der Waals surface area (Å²) in [5.74, 6) is 0.417. The lowest BCUT2D eigenvalue weighted by molar-refractivity contribution is -0.140. The van der Waals surface area contributed by atoms with Gasteiger partial charge in [-0.15, -0.1) is 0 Å². The largest absolute Gasteiger partial charge is 0.381 e. The number of likely N-dealkylation sites (tertiary alicyclic amines) is 1. The number of rotatable bonds is 4. The Morgan fingerprint density at radius 1 is 0.958 bits per heavy atom. The first kappa shape index (κ1) is 18.1. The maximum absolute atomic E-state index is 12.7. The van der Waals surface area contributed by atoms with E-state index in [1.54, 1.807) is 0 Å². The fraction of sp³-hybridized carbons (Fsp3) is 0.938. The molecule has 1 atom stereocenters. The van der Waals surface area contributed by atoms with Crippen LogP contribution >= 0.6 is 0 Å². The molecule has 3 heterocycles. The lowest BCUT2D eigenvalue weighted by Gasteiger charge is -2.36. The minimum Gasteiger partial charge on any atom is -0.381 e. The van der Waals surface area contributed by atoms with Gasteiger partial charge in [-0.25, -0.2) is 8.42 Å². The van der Waals surface area contributed by atoms with Crippen LogP contribution in [0.3, 0.4) is 0 Å². The van der Waals surface area contributed by atoms with Gasteiger partial charge in [-0.3, -0.25) is 4.79 Å². The highest BCUT2D eigenvalue weighted by Crippen LogP contribution is 2.24. The predicted octanol–water partition coefficient (Wildman–Crippen LogP) is 0.314. The summed E-state index contributed by atoms with van der Waals surface area (Å²) in [4.78, 5) is 14.5. The van der Waals surface area contributed by atoms with Crippen molar-refractivity contribution in [3.63, 3.8) is 0 Å². The van der Waals surface area contributed by atoms with Crippen LogP contribution in [0.1, 0.15) is 25.7 Å². The predicted molar refractivity (Wildman–Crippen MR) is 89.0 cm³/mol. The van der Waals surface area contributed by atoms with E-state index in [4.69, 9.17) is 9.47 Å². The molecule has 3 saturated heterocycles. The van der Waals surface area contributed by atoms with Crippen molar-refractivity contribution in [3.8, 4) is 0 Å². The van der Waals surface area contributed by atoms with E-state index in [9.17, 15) is 13.2 Å². The first-order valence-corrected chi connectivity index (χ1v) is 10.6. The van der Waals surface area contributed by atoms with E-state index >= 15 is 0 Å². The van der Waals surface area contributed by atoms with E-state index in [0.717, 1.165) is 32.2 Å². The topological polar surface area (TPSA) is 76.2 Å². The SMILES string of the molecule is O=C(C1CCOCC1)N1CCC[C@@H](CS(=O)(=O)N2CCOCC2)C1. The number of ether oxygens (including phenoxy) is 2. The highest BCUT2D eigenvalue weighted by Gasteiger charge is 2.33. The molecule has 3 aliphatic heterocycles. The van der Waals surface area contributed by atoms with Crippen LogP contribution in [0.2, 0.25) is 0 Å². The first-order valence-electron chi connectivity index (χ1n) is 8.98. The van der Waals surface area contributed by atoms with E-state index in [2.05, 4.69) is 0 Å². The van der Waals surface area contributed by atoms with Crippen LogP contribution in [0, 0.1) is 11.8 Å². The molecule has 0 bridgehead atoms. The van der Waals surface area contributed by atoms with Gasteiger partial charge in [0.25, 0.3) is 0 Å². The summed E-state index contributed by atoms with van der Waals surface area (Å²) in [6, 6.07) is 0. The van der Waals surface area contributed by atoms with Gasteiger partial charge in [0.1, 0.15) is 0 Å². The fourth-order valence-corrected chi connectivity index (χ4v) is 5.62. The Labute approximate surface area is 144 Å². The van der Waals surface area contributed by atoms with Crippen molar-refractivity contribution >= 4 is 15.9 Å². The van der Waals surface area contributed by atoms with Gasteiger partial charge in [-0.1, -0.05) is 0 Å². The Hall–Kier alpha value is -0.700. The summed E-state index contributed by atoms with van der Waals surface area (Å²) in [6.07, 6.45) is 3.33. The van der Waals surface area contributed by atoms with E-state index in [1.807, 2.05) is 4.90 Å². The highest BCUT2D eigenvalue weighted by atomic mass is 32.2. The summed E-state index contributed by atoms with van der Waals surface area (Å²) < 4.78 is 37.3. The molecule has 0 unspecified atom stereocenters. The van der Waals surface area contributed by atoms with Crippen LogP contribution in [0.15, 0.2) is 0 Å². The van der Waals surface area contributed by atoms with Crippen molar-refractivity contribution in [2.45, 2.75) is 25.7 Å². The van der Waals surface area contributed by atoms with E-state index in [1.165, 1.54) is 4.31 Å². The number of morpholine rings is 1. The molecule has 0 aromatic heterocycles. The summed E-state index contributed by atoms with van der Waals surface area (Å²) in [5, 5.41) is 0. The lowest BCUT2D eigenvalue weighted by Crippen LogP contribution is -2.48. The number of hydrogen-bond donors (Lipinski definition) is 0. The van der Waals surface area contributed by atoms with Gasteiger partial charge in [-0.05, 0) is 31.6 Å². The molecule has 3 rings (SSSR count). The van der Waals surface area contributed by atoms with E-state index in [-0.39, 0.29) is 23.5 Å². The average Bonchev–Trinajstić information content (AvgIpc) is 2.62. The number of carbonyl (C=O) groups is 1. The van der Waals surface area contributed by atoms with Gasteiger partial charge in [0.15, 0.2) is 0 Å². The maximum Gasteiger partial charge on any atom is 0.225 e. The van der Waals surface area contributed by atoms with Gasteiger partial charge < -0.3 is 14.4 Å². The molecule has 0 aromatic rings. The standard InChI is InChI=1S/C16H28N2O5S/c19-16(15-3-8-22-9-4-15)17-5-1-2-14(12-17)13-24(20,21)18-6-10-23-11-7-18/h14-15H,1-13H2/t14-/m1/s1. The fourth-order valence-electron chi connectivity index (χ4n) is 3.83. The third-order valence-corrected chi connectivity index (χ3v) is 7.26. The molecule has 1 amide bonds. The zero-order valence-corrected chi connectivity index (χ0v) is 15.0. The number of carbonyl (C=O) groups excluding carboxylic acids is 1. The molecule has 0 N–H and O–H groups in total. The molecule has 3 fully saturated rings. The van der Waals surface area contributed by atoms with Gasteiger partial charge in [0.2, 0.25) is 15.9 Å². The Morgan fingerprint density at radius 2 is 1.62 bits per heavy atom. The lowest BCUT2D eigenvalue weighted by atomic mass is 9.95. The molecule has 0 aromatic carbocycles. The maximum atomic E-state index is 12.7. The molecular weight excluding hydrogens is 332 g/mol. The molecule has 0 spiro atoms. The Bertz CT molecular complexity index is 527. The molecule has 24 heavy (non-hydrogen) atoms. The van der Waals surface area contributed by atoms with Gasteiger partial charge in [0, 0.05) is 45.3 Å².